The summed E-state index contributed by atoms with van der Waals surface area (Å²) in [5, 5.41) is 0.543. The van der Waals surface area contributed by atoms with Gasteiger partial charge in [-0.1, -0.05) is 0 Å². The number of fused-ring (bicyclic) bond motifs is 1. The molecule has 0 aliphatic rings. The summed E-state index contributed by atoms with van der Waals surface area (Å²) in [4.78, 5) is 24.5. The zero-order valence-corrected chi connectivity index (χ0v) is 14.7. The summed E-state index contributed by atoms with van der Waals surface area (Å²) in [5.74, 6) is 0.435. The summed E-state index contributed by atoms with van der Waals surface area (Å²) in [6.07, 6.45) is 0. The average molecular weight is 354 g/mol. The van der Waals surface area contributed by atoms with E-state index in [2.05, 4.69) is 0 Å². The first-order valence-corrected chi connectivity index (χ1v) is 8.10. The van der Waals surface area contributed by atoms with Gasteiger partial charge in [-0.2, -0.15) is 0 Å². The highest BCUT2D eigenvalue weighted by Crippen LogP contribution is 2.30. The second-order valence-electron chi connectivity index (χ2n) is 5.53. The van der Waals surface area contributed by atoms with E-state index < -0.39 is 11.9 Å². The van der Waals surface area contributed by atoms with E-state index in [0.717, 1.165) is 0 Å². The molecule has 3 rings (SSSR count). The fourth-order valence-corrected chi connectivity index (χ4v) is 2.61. The van der Waals surface area contributed by atoms with Crippen molar-refractivity contribution in [3.05, 3.63) is 59.4 Å². The Bertz CT molecular complexity index is 952. The second kappa shape index (κ2) is 7.31. The highest BCUT2D eigenvalue weighted by atomic mass is 16.5. The molecule has 0 aliphatic heterocycles. The smallest absolute Gasteiger partial charge is 0.343 e. The molecule has 1 aromatic heterocycles. The third-order valence-electron chi connectivity index (χ3n) is 3.85. The Hall–Kier alpha value is -3.28. The van der Waals surface area contributed by atoms with Gasteiger partial charge in [-0.15, -0.1) is 0 Å². The van der Waals surface area contributed by atoms with E-state index in [1.165, 1.54) is 0 Å². The molecule has 0 amide bonds. The first kappa shape index (κ1) is 17.5. The minimum atomic E-state index is -0.509. The number of hydrogen-bond acceptors (Lipinski definition) is 6. The maximum absolute atomic E-state index is 12.3. The van der Waals surface area contributed by atoms with Crippen LogP contribution in [0.5, 0.6) is 11.5 Å². The predicted octanol–water partition coefficient (Wildman–Crippen LogP) is 4.15. The van der Waals surface area contributed by atoms with Gasteiger partial charge in [0.1, 0.15) is 28.4 Å². The van der Waals surface area contributed by atoms with Gasteiger partial charge in [0, 0.05) is 5.39 Å². The first-order valence-electron chi connectivity index (χ1n) is 8.10. The lowest BCUT2D eigenvalue weighted by Gasteiger charge is -2.06. The maximum atomic E-state index is 12.3. The fraction of sp³-hybridized carbons (Fsp3) is 0.200. The molecule has 0 unspecified atom stereocenters. The number of rotatable bonds is 5. The number of hydrogen-bond donors (Lipinski definition) is 0. The van der Waals surface area contributed by atoms with Gasteiger partial charge in [0.2, 0.25) is 0 Å². The van der Waals surface area contributed by atoms with E-state index in [9.17, 15) is 9.59 Å². The number of carbonyl (C=O) groups is 2. The summed E-state index contributed by atoms with van der Waals surface area (Å²) in [6.45, 7) is 3.68. The molecular weight excluding hydrogens is 336 g/mol. The van der Waals surface area contributed by atoms with Crippen LogP contribution in [-0.2, 0) is 4.74 Å². The molecule has 0 bridgehead atoms. The summed E-state index contributed by atoms with van der Waals surface area (Å²) < 4.78 is 21.1. The number of esters is 2. The van der Waals surface area contributed by atoms with Gasteiger partial charge < -0.3 is 18.6 Å². The van der Waals surface area contributed by atoms with Crippen LogP contribution >= 0.6 is 0 Å². The molecule has 0 aliphatic carbocycles. The van der Waals surface area contributed by atoms with Crippen molar-refractivity contribution in [2.24, 2.45) is 0 Å². The molecule has 0 saturated heterocycles. The Morgan fingerprint density at radius 3 is 2.35 bits per heavy atom. The lowest BCUT2D eigenvalue weighted by atomic mass is 10.1. The van der Waals surface area contributed by atoms with Crippen LogP contribution in [0.2, 0.25) is 0 Å². The van der Waals surface area contributed by atoms with Gasteiger partial charge in [-0.05, 0) is 56.3 Å². The van der Waals surface area contributed by atoms with E-state index >= 15 is 0 Å². The van der Waals surface area contributed by atoms with Gasteiger partial charge in [0.05, 0.1) is 19.3 Å². The highest BCUT2D eigenvalue weighted by Gasteiger charge is 2.20. The van der Waals surface area contributed by atoms with Crippen molar-refractivity contribution >= 4 is 22.9 Å². The van der Waals surface area contributed by atoms with E-state index in [0.29, 0.717) is 39.4 Å². The van der Waals surface area contributed by atoms with Crippen LogP contribution in [0.1, 0.15) is 33.4 Å². The monoisotopic (exact) mass is 354 g/mol. The van der Waals surface area contributed by atoms with E-state index in [1.807, 2.05) is 0 Å². The Balaban J connectivity index is 1.89. The topological polar surface area (TPSA) is 75.0 Å². The summed E-state index contributed by atoms with van der Waals surface area (Å²) in [6, 6.07) is 11.5. The Morgan fingerprint density at radius 1 is 1.00 bits per heavy atom. The van der Waals surface area contributed by atoms with Crippen molar-refractivity contribution in [1.29, 1.82) is 0 Å². The fourth-order valence-electron chi connectivity index (χ4n) is 2.61. The summed E-state index contributed by atoms with van der Waals surface area (Å²) in [5.41, 5.74) is 1.25. The van der Waals surface area contributed by atoms with Crippen molar-refractivity contribution in [3.63, 3.8) is 0 Å². The molecule has 6 nitrogen and oxygen atoms in total. The van der Waals surface area contributed by atoms with Gasteiger partial charge >= 0.3 is 11.9 Å². The molecule has 0 saturated carbocycles. The van der Waals surface area contributed by atoms with Gasteiger partial charge in [-0.3, -0.25) is 0 Å². The molecule has 2 aromatic carbocycles. The second-order valence-corrected chi connectivity index (χ2v) is 5.53. The molecule has 3 aromatic rings. The maximum Gasteiger partial charge on any atom is 0.343 e. The molecule has 6 heteroatoms. The predicted molar refractivity (Wildman–Crippen MR) is 94.9 cm³/mol. The quantitative estimate of drug-likeness (QED) is 0.506. The van der Waals surface area contributed by atoms with Crippen LogP contribution < -0.4 is 9.47 Å². The van der Waals surface area contributed by atoms with Crippen LogP contribution in [0.4, 0.5) is 0 Å². The molecular formula is C20H18O6. The third-order valence-corrected chi connectivity index (χ3v) is 3.85. The number of aryl methyl sites for hydroxylation is 1. The summed E-state index contributed by atoms with van der Waals surface area (Å²) in [7, 11) is 1.55. The van der Waals surface area contributed by atoms with E-state index in [1.54, 1.807) is 63.4 Å². The van der Waals surface area contributed by atoms with Crippen molar-refractivity contribution in [2.45, 2.75) is 13.8 Å². The van der Waals surface area contributed by atoms with Gasteiger partial charge in [-0.25, -0.2) is 9.59 Å². The van der Waals surface area contributed by atoms with Crippen molar-refractivity contribution in [3.8, 4) is 11.5 Å². The lowest BCUT2D eigenvalue weighted by Crippen LogP contribution is -2.08. The van der Waals surface area contributed by atoms with Gasteiger partial charge in [0.15, 0.2) is 0 Å². The Kier molecular flexibility index (Phi) is 4.93. The first-order chi connectivity index (χ1) is 12.5. The molecule has 26 heavy (non-hydrogen) atoms. The average Bonchev–Trinajstić information content (AvgIpc) is 2.97. The summed E-state index contributed by atoms with van der Waals surface area (Å²) >= 11 is 0. The standard InChI is InChI=1S/C20H18O6/c1-4-24-20(22)18-12(2)25-17-10-9-15(11-16(17)18)26-19(21)13-5-7-14(23-3)8-6-13/h5-11H,4H2,1-3H3. The number of carbonyl (C=O) groups excluding carboxylic acids is 2. The number of methoxy groups -OCH3 is 1. The van der Waals surface area contributed by atoms with Crippen LogP contribution in [0.25, 0.3) is 11.0 Å². The molecule has 134 valence electrons. The van der Waals surface area contributed by atoms with E-state index in [4.69, 9.17) is 18.6 Å². The molecule has 0 atom stereocenters. The van der Waals surface area contributed by atoms with Crippen LogP contribution in [0.15, 0.2) is 46.9 Å². The molecule has 0 N–H and O–H groups in total. The molecule has 0 radical (unpaired) electrons. The van der Waals surface area contributed by atoms with Crippen molar-refractivity contribution in [1.82, 2.24) is 0 Å². The number of ether oxygens (including phenoxy) is 3. The minimum absolute atomic E-state index is 0.261. The Morgan fingerprint density at radius 2 is 1.69 bits per heavy atom. The van der Waals surface area contributed by atoms with Crippen molar-refractivity contribution in [2.75, 3.05) is 13.7 Å². The molecule has 0 fully saturated rings. The SMILES string of the molecule is CCOC(=O)c1c(C)oc2ccc(OC(=O)c3ccc(OC)cc3)cc12. The lowest BCUT2D eigenvalue weighted by molar-refractivity contribution is 0.0526. The van der Waals surface area contributed by atoms with Crippen LogP contribution in [0.3, 0.4) is 0 Å². The molecule has 0 spiro atoms. The number of furan rings is 1. The van der Waals surface area contributed by atoms with Crippen molar-refractivity contribution < 1.29 is 28.2 Å². The highest BCUT2D eigenvalue weighted by molar-refractivity contribution is 6.05. The van der Waals surface area contributed by atoms with Crippen LogP contribution in [-0.4, -0.2) is 25.7 Å². The van der Waals surface area contributed by atoms with Gasteiger partial charge in [0.25, 0.3) is 0 Å². The number of benzene rings is 2. The zero-order valence-electron chi connectivity index (χ0n) is 14.7. The van der Waals surface area contributed by atoms with E-state index in [-0.39, 0.29) is 6.61 Å². The normalized spacial score (nSPS) is 10.6. The zero-order chi connectivity index (χ0) is 18.7. The Labute approximate surface area is 150 Å². The van der Waals surface area contributed by atoms with Crippen LogP contribution in [0, 0.1) is 6.92 Å². The third kappa shape index (κ3) is 3.39. The largest absolute Gasteiger partial charge is 0.497 e. The molecule has 1 heterocycles. The minimum Gasteiger partial charge on any atom is -0.497 e.